The predicted octanol–water partition coefficient (Wildman–Crippen LogP) is 3.04. The minimum absolute atomic E-state index is 0.126. The number of benzene rings is 2. The number of carboxylic acid groups (broad SMARTS) is 1. The molecule has 2 aromatic carbocycles. The van der Waals surface area contributed by atoms with E-state index in [9.17, 15) is 15.0 Å². The van der Waals surface area contributed by atoms with Crippen LogP contribution < -0.4 is 4.90 Å². The summed E-state index contributed by atoms with van der Waals surface area (Å²) in [5.41, 5.74) is 1.50. The van der Waals surface area contributed by atoms with Gasteiger partial charge in [0.15, 0.2) is 6.04 Å². The molecule has 0 aliphatic heterocycles. The van der Waals surface area contributed by atoms with Crippen LogP contribution in [0.3, 0.4) is 0 Å². The molecule has 2 rings (SSSR count). The SMILES string of the molecule is CCN(c1ccccc1)C(C(=O)O)c1ccc(O)cc1. The Bertz CT molecular complexity index is 566. The van der Waals surface area contributed by atoms with Gasteiger partial charge in [0.05, 0.1) is 0 Å². The zero-order valence-corrected chi connectivity index (χ0v) is 11.2. The first kappa shape index (κ1) is 13.9. The summed E-state index contributed by atoms with van der Waals surface area (Å²) >= 11 is 0. The number of phenolic OH excluding ortho intramolecular Hbond substituents is 1. The van der Waals surface area contributed by atoms with E-state index in [-0.39, 0.29) is 5.75 Å². The molecular formula is C16H17NO3. The Morgan fingerprint density at radius 2 is 1.70 bits per heavy atom. The van der Waals surface area contributed by atoms with Crippen LogP contribution in [0.1, 0.15) is 18.5 Å². The lowest BCUT2D eigenvalue weighted by Crippen LogP contribution is -2.34. The van der Waals surface area contributed by atoms with E-state index in [0.717, 1.165) is 5.69 Å². The number of aromatic hydroxyl groups is 1. The van der Waals surface area contributed by atoms with Crippen molar-refractivity contribution in [2.45, 2.75) is 13.0 Å². The van der Waals surface area contributed by atoms with Crippen molar-refractivity contribution >= 4 is 11.7 Å². The van der Waals surface area contributed by atoms with Crippen LogP contribution in [0.5, 0.6) is 5.75 Å². The van der Waals surface area contributed by atoms with E-state index in [2.05, 4.69) is 0 Å². The Hall–Kier alpha value is -2.49. The first-order valence-corrected chi connectivity index (χ1v) is 6.47. The van der Waals surface area contributed by atoms with Gasteiger partial charge in [-0.3, -0.25) is 0 Å². The third-order valence-corrected chi connectivity index (χ3v) is 3.18. The molecule has 2 N–H and O–H groups in total. The molecule has 104 valence electrons. The lowest BCUT2D eigenvalue weighted by Gasteiger charge is -2.30. The Morgan fingerprint density at radius 3 is 2.20 bits per heavy atom. The average Bonchev–Trinajstić information content (AvgIpc) is 2.46. The van der Waals surface area contributed by atoms with E-state index in [4.69, 9.17) is 0 Å². The summed E-state index contributed by atoms with van der Waals surface area (Å²) in [6.45, 7) is 2.49. The molecule has 2 aromatic rings. The van der Waals surface area contributed by atoms with E-state index in [1.807, 2.05) is 42.2 Å². The molecule has 20 heavy (non-hydrogen) atoms. The first-order chi connectivity index (χ1) is 9.63. The maximum absolute atomic E-state index is 11.7. The van der Waals surface area contributed by atoms with Crippen LogP contribution in [0, 0.1) is 0 Å². The monoisotopic (exact) mass is 271 g/mol. The predicted molar refractivity (Wildman–Crippen MR) is 77.9 cm³/mol. The van der Waals surface area contributed by atoms with Crippen LogP contribution in [0.15, 0.2) is 54.6 Å². The minimum atomic E-state index is -0.915. The zero-order valence-electron chi connectivity index (χ0n) is 11.2. The Balaban J connectivity index is 2.41. The zero-order chi connectivity index (χ0) is 14.5. The molecular weight excluding hydrogens is 254 g/mol. The summed E-state index contributed by atoms with van der Waals surface area (Å²) < 4.78 is 0. The van der Waals surface area contributed by atoms with Crippen molar-refractivity contribution in [1.29, 1.82) is 0 Å². The number of aliphatic carboxylic acids is 1. The van der Waals surface area contributed by atoms with Gasteiger partial charge in [0.2, 0.25) is 0 Å². The van der Waals surface area contributed by atoms with Crippen molar-refractivity contribution in [2.24, 2.45) is 0 Å². The number of nitrogens with zero attached hydrogens (tertiary/aromatic N) is 1. The summed E-state index contributed by atoms with van der Waals surface area (Å²) in [7, 11) is 0. The molecule has 0 spiro atoms. The van der Waals surface area contributed by atoms with Gasteiger partial charge in [-0.2, -0.15) is 0 Å². The molecule has 4 nitrogen and oxygen atoms in total. The van der Waals surface area contributed by atoms with Crippen LogP contribution in [0.4, 0.5) is 5.69 Å². The summed E-state index contributed by atoms with van der Waals surface area (Å²) in [6.07, 6.45) is 0. The molecule has 1 unspecified atom stereocenters. The van der Waals surface area contributed by atoms with Gasteiger partial charge in [-0.15, -0.1) is 0 Å². The van der Waals surface area contributed by atoms with Crippen molar-refractivity contribution in [2.75, 3.05) is 11.4 Å². The summed E-state index contributed by atoms with van der Waals surface area (Å²) in [5, 5.41) is 18.9. The maximum Gasteiger partial charge on any atom is 0.331 e. The number of para-hydroxylation sites is 1. The third kappa shape index (κ3) is 2.91. The van der Waals surface area contributed by atoms with E-state index >= 15 is 0 Å². The van der Waals surface area contributed by atoms with Gasteiger partial charge < -0.3 is 15.1 Å². The molecule has 0 heterocycles. The van der Waals surface area contributed by atoms with Crippen molar-refractivity contribution < 1.29 is 15.0 Å². The van der Waals surface area contributed by atoms with Crippen LogP contribution in [-0.2, 0) is 4.79 Å². The number of phenols is 1. The van der Waals surface area contributed by atoms with E-state index in [1.165, 1.54) is 12.1 Å². The highest BCUT2D eigenvalue weighted by atomic mass is 16.4. The second-order valence-electron chi connectivity index (χ2n) is 4.45. The number of anilines is 1. The highest BCUT2D eigenvalue weighted by molar-refractivity contribution is 5.80. The summed E-state index contributed by atoms with van der Waals surface area (Å²) in [5.74, 6) is -0.790. The Labute approximate surface area is 117 Å². The fourth-order valence-electron chi connectivity index (χ4n) is 2.25. The Morgan fingerprint density at radius 1 is 1.10 bits per heavy atom. The highest BCUT2D eigenvalue weighted by Gasteiger charge is 2.26. The highest BCUT2D eigenvalue weighted by Crippen LogP contribution is 2.28. The fraction of sp³-hybridized carbons (Fsp3) is 0.188. The van der Waals surface area contributed by atoms with Gasteiger partial charge in [-0.1, -0.05) is 30.3 Å². The van der Waals surface area contributed by atoms with E-state index in [0.29, 0.717) is 12.1 Å². The first-order valence-electron chi connectivity index (χ1n) is 6.47. The molecule has 0 saturated heterocycles. The van der Waals surface area contributed by atoms with Crippen LogP contribution >= 0.6 is 0 Å². The number of hydrogen-bond donors (Lipinski definition) is 2. The third-order valence-electron chi connectivity index (χ3n) is 3.18. The molecule has 0 fully saturated rings. The van der Waals surface area contributed by atoms with Gasteiger partial charge in [0.25, 0.3) is 0 Å². The quantitative estimate of drug-likeness (QED) is 0.877. The standard InChI is InChI=1S/C16H17NO3/c1-2-17(13-6-4-3-5-7-13)15(16(19)20)12-8-10-14(18)11-9-12/h3-11,15,18H,2H2,1H3,(H,19,20). The smallest absolute Gasteiger partial charge is 0.331 e. The second kappa shape index (κ2) is 6.10. The Kier molecular flexibility index (Phi) is 4.25. The van der Waals surface area contributed by atoms with Crippen molar-refractivity contribution in [3.05, 3.63) is 60.2 Å². The van der Waals surface area contributed by atoms with Crippen molar-refractivity contribution in [3.8, 4) is 5.75 Å². The number of likely N-dealkylation sites (N-methyl/N-ethyl adjacent to an activating group) is 1. The molecule has 0 amide bonds. The van der Waals surface area contributed by atoms with Crippen molar-refractivity contribution in [3.63, 3.8) is 0 Å². The topological polar surface area (TPSA) is 60.8 Å². The van der Waals surface area contributed by atoms with Crippen LogP contribution in [-0.4, -0.2) is 22.7 Å². The van der Waals surface area contributed by atoms with Gasteiger partial charge in [0.1, 0.15) is 5.75 Å². The molecule has 0 aromatic heterocycles. The lowest BCUT2D eigenvalue weighted by atomic mass is 10.0. The van der Waals surface area contributed by atoms with Gasteiger partial charge >= 0.3 is 5.97 Å². The van der Waals surface area contributed by atoms with Crippen LogP contribution in [0.25, 0.3) is 0 Å². The lowest BCUT2D eigenvalue weighted by molar-refractivity contribution is -0.138. The normalized spacial score (nSPS) is 11.8. The summed E-state index contributed by atoms with van der Waals surface area (Å²) in [6, 6.07) is 14.9. The molecule has 0 radical (unpaired) electrons. The van der Waals surface area contributed by atoms with E-state index < -0.39 is 12.0 Å². The second-order valence-corrected chi connectivity index (χ2v) is 4.45. The molecule has 1 atom stereocenters. The molecule has 4 heteroatoms. The van der Waals surface area contributed by atoms with E-state index in [1.54, 1.807) is 12.1 Å². The number of rotatable bonds is 5. The number of hydrogen-bond acceptors (Lipinski definition) is 3. The van der Waals surface area contributed by atoms with Gasteiger partial charge in [0, 0.05) is 12.2 Å². The summed E-state index contributed by atoms with van der Waals surface area (Å²) in [4.78, 5) is 13.5. The van der Waals surface area contributed by atoms with Gasteiger partial charge in [-0.25, -0.2) is 4.79 Å². The van der Waals surface area contributed by atoms with Crippen LogP contribution in [0.2, 0.25) is 0 Å². The minimum Gasteiger partial charge on any atom is -0.508 e. The van der Waals surface area contributed by atoms with Crippen molar-refractivity contribution in [1.82, 2.24) is 0 Å². The maximum atomic E-state index is 11.7. The van der Waals surface area contributed by atoms with Gasteiger partial charge in [-0.05, 0) is 36.8 Å². The molecule has 0 bridgehead atoms. The molecule has 0 aliphatic rings. The largest absolute Gasteiger partial charge is 0.508 e. The fourth-order valence-corrected chi connectivity index (χ4v) is 2.25. The number of carboxylic acids is 1. The average molecular weight is 271 g/mol. The molecule has 0 aliphatic carbocycles. The molecule has 0 saturated carbocycles. The number of carbonyl (C=O) groups is 1.